The fourth-order valence-electron chi connectivity index (χ4n) is 2.78. The topological polar surface area (TPSA) is 75.0 Å². The summed E-state index contributed by atoms with van der Waals surface area (Å²) in [6.07, 6.45) is 0. The van der Waals surface area contributed by atoms with Crippen LogP contribution in [0.25, 0.3) is 11.3 Å². The van der Waals surface area contributed by atoms with Crippen LogP contribution in [0.4, 0.5) is 0 Å². The maximum Gasteiger partial charge on any atom is 0.117 e. The Balaban J connectivity index is 1.73. The van der Waals surface area contributed by atoms with Gasteiger partial charge >= 0.3 is 0 Å². The molecule has 0 aliphatic heterocycles. The zero-order chi connectivity index (χ0) is 18.9. The van der Waals surface area contributed by atoms with Crippen molar-refractivity contribution >= 4 is 11.6 Å². The van der Waals surface area contributed by atoms with Crippen molar-refractivity contribution in [1.29, 1.82) is 0 Å². The number of halogens is 1. The summed E-state index contributed by atoms with van der Waals surface area (Å²) < 4.78 is 0. The van der Waals surface area contributed by atoms with Crippen LogP contribution in [0.5, 0.6) is 0 Å². The van der Waals surface area contributed by atoms with E-state index in [0.717, 1.165) is 35.6 Å². The van der Waals surface area contributed by atoms with Crippen molar-refractivity contribution < 1.29 is 5.11 Å². The molecule has 0 aliphatic carbocycles. The fourth-order valence-corrected chi connectivity index (χ4v) is 2.99. The minimum absolute atomic E-state index is 0.149. The molecule has 7 heteroatoms. The Morgan fingerprint density at radius 1 is 0.926 bits per heavy atom. The molecule has 0 saturated carbocycles. The van der Waals surface area contributed by atoms with E-state index < -0.39 is 0 Å². The molecule has 6 nitrogen and oxygen atoms in total. The van der Waals surface area contributed by atoms with Gasteiger partial charge in [0, 0.05) is 36.8 Å². The summed E-state index contributed by atoms with van der Waals surface area (Å²) in [5.74, 6) is 0. The normalized spacial score (nSPS) is 11.0. The third kappa shape index (κ3) is 5.87. The fraction of sp³-hybridized carbons (Fsp3) is 0.300. The van der Waals surface area contributed by atoms with E-state index in [1.807, 2.05) is 54.6 Å². The van der Waals surface area contributed by atoms with Gasteiger partial charge < -0.3 is 15.7 Å². The van der Waals surface area contributed by atoms with Crippen LogP contribution in [0.15, 0.2) is 54.6 Å². The number of aliphatic hydroxyl groups excluding tert-OH is 1. The van der Waals surface area contributed by atoms with Crippen molar-refractivity contribution in [3.63, 3.8) is 0 Å². The molecule has 0 atom stereocenters. The Hall–Kier alpha value is -2.25. The molecule has 0 amide bonds. The second-order valence-corrected chi connectivity index (χ2v) is 6.61. The van der Waals surface area contributed by atoms with E-state index in [9.17, 15) is 0 Å². The van der Waals surface area contributed by atoms with Crippen molar-refractivity contribution in [3.8, 4) is 11.3 Å². The minimum atomic E-state index is 0.149. The van der Waals surface area contributed by atoms with Gasteiger partial charge in [-0.25, -0.2) is 0 Å². The van der Waals surface area contributed by atoms with E-state index in [0.29, 0.717) is 24.7 Å². The molecule has 0 aliphatic rings. The van der Waals surface area contributed by atoms with Gasteiger partial charge in [-0.15, -0.1) is 0 Å². The predicted octanol–water partition coefficient (Wildman–Crippen LogP) is 2.32. The number of nitrogens with one attached hydrogen (secondary N) is 2. The van der Waals surface area contributed by atoms with E-state index in [2.05, 4.69) is 15.7 Å². The maximum atomic E-state index is 8.79. The highest BCUT2D eigenvalue weighted by molar-refractivity contribution is 6.30. The van der Waals surface area contributed by atoms with Crippen molar-refractivity contribution in [1.82, 2.24) is 25.6 Å². The van der Waals surface area contributed by atoms with E-state index in [-0.39, 0.29) is 6.61 Å². The summed E-state index contributed by atoms with van der Waals surface area (Å²) in [5, 5.41) is 25.4. The molecule has 27 heavy (non-hydrogen) atoms. The second kappa shape index (κ2) is 10.2. The van der Waals surface area contributed by atoms with Crippen LogP contribution < -0.4 is 10.6 Å². The Labute approximate surface area is 164 Å². The zero-order valence-corrected chi connectivity index (χ0v) is 15.9. The smallest absolute Gasteiger partial charge is 0.117 e. The quantitative estimate of drug-likeness (QED) is 0.467. The molecule has 1 aromatic heterocycles. The van der Waals surface area contributed by atoms with Gasteiger partial charge in [-0.05, 0) is 17.7 Å². The van der Waals surface area contributed by atoms with Gasteiger partial charge in [0.05, 0.1) is 13.2 Å². The molecule has 3 rings (SSSR count). The highest BCUT2D eigenvalue weighted by Gasteiger charge is 2.13. The predicted molar refractivity (Wildman–Crippen MR) is 108 cm³/mol. The van der Waals surface area contributed by atoms with Gasteiger partial charge in [-0.2, -0.15) is 15.0 Å². The Kier molecular flexibility index (Phi) is 7.36. The van der Waals surface area contributed by atoms with Crippen molar-refractivity contribution in [2.75, 3.05) is 26.2 Å². The number of benzene rings is 2. The first-order chi connectivity index (χ1) is 13.3. The van der Waals surface area contributed by atoms with Crippen molar-refractivity contribution in [3.05, 3.63) is 70.9 Å². The molecule has 3 aromatic rings. The number of hydrogen-bond acceptors (Lipinski definition) is 5. The third-order valence-electron chi connectivity index (χ3n) is 4.04. The molecule has 0 spiro atoms. The summed E-state index contributed by atoms with van der Waals surface area (Å²) in [4.78, 5) is 1.72. The Bertz CT molecular complexity index is 837. The van der Waals surface area contributed by atoms with Gasteiger partial charge in [0.1, 0.15) is 11.4 Å². The first-order valence-corrected chi connectivity index (χ1v) is 9.40. The highest BCUT2D eigenvalue weighted by Crippen LogP contribution is 2.20. The third-order valence-corrected chi connectivity index (χ3v) is 4.28. The summed E-state index contributed by atoms with van der Waals surface area (Å²) >= 11 is 6.08. The second-order valence-electron chi connectivity index (χ2n) is 6.17. The van der Waals surface area contributed by atoms with E-state index in [1.54, 1.807) is 4.80 Å². The molecule has 142 valence electrons. The molecule has 0 unspecified atom stereocenters. The molecule has 0 bridgehead atoms. The molecule has 0 radical (unpaired) electrons. The van der Waals surface area contributed by atoms with Gasteiger partial charge in [0.25, 0.3) is 0 Å². The largest absolute Gasteiger partial charge is 0.395 e. The minimum Gasteiger partial charge on any atom is -0.395 e. The molecule has 3 N–H and O–H groups in total. The molecule has 1 heterocycles. The first kappa shape index (κ1) is 19.5. The Morgan fingerprint density at radius 3 is 2.52 bits per heavy atom. The first-order valence-electron chi connectivity index (χ1n) is 9.02. The molecular formula is C20H24ClN5O. The van der Waals surface area contributed by atoms with E-state index in [4.69, 9.17) is 21.8 Å². The molecule has 0 saturated heterocycles. The van der Waals surface area contributed by atoms with Gasteiger partial charge in [-0.1, -0.05) is 54.1 Å². The molecule has 0 fully saturated rings. The summed E-state index contributed by atoms with van der Waals surface area (Å²) in [7, 11) is 0. The SMILES string of the molecule is OCCNCCNCc1nn(Cc2cccc(Cl)c2)nc1-c1ccccc1. The van der Waals surface area contributed by atoms with Crippen molar-refractivity contribution in [2.24, 2.45) is 0 Å². The number of nitrogens with zero attached hydrogens (tertiary/aromatic N) is 3. The summed E-state index contributed by atoms with van der Waals surface area (Å²) in [6.45, 7) is 3.52. The lowest BCUT2D eigenvalue weighted by Gasteiger charge is -2.05. The monoisotopic (exact) mass is 385 g/mol. The van der Waals surface area contributed by atoms with Crippen LogP contribution >= 0.6 is 11.6 Å². The zero-order valence-electron chi connectivity index (χ0n) is 15.1. The molecular weight excluding hydrogens is 362 g/mol. The number of rotatable bonds is 10. The maximum absolute atomic E-state index is 8.79. The van der Waals surface area contributed by atoms with Crippen LogP contribution in [0, 0.1) is 0 Å². The van der Waals surface area contributed by atoms with Crippen LogP contribution in [0.3, 0.4) is 0 Å². The van der Waals surface area contributed by atoms with E-state index >= 15 is 0 Å². The Morgan fingerprint density at radius 2 is 1.74 bits per heavy atom. The average Bonchev–Trinajstić information content (AvgIpc) is 3.08. The van der Waals surface area contributed by atoms with Gasteiger partial charge in [0.15, 0.2) is 0 Å². The number of aliphatic hydroxyl groups is 1. The lowest BCUT2D eigenvalue weighted by atomic mass is 10.1. The standard InChI is InChI=1S/C20H24ClN5O/c21-18-8-4-5-16(13-18)15-26-24-19(14-23-10-9-22-11-12-27)20(25-26)17-6-2-1-3-7-17/h1-8,13,22-23,27H,9-12,14-15H2. The molecule has 2 aromatic carbocycles. The van der Waals surface area contributed by atoms with Crippen LogP contribution in [-0.2, 0) is 13.1 Å². The highest BCUT2D eigenvalue weighted by atomic mass is 35.5. The number of hydrogen-bond donors (Lipinski definition) is 3. The average molecular weight is 386 g/mol. The van der Waals surface area contributed by atoms with Gasteiger partial charge in [0.2, 0.25) is 0 Å². The number of aromatic nitrogens is 3. The van der Waals surface area contributed by atoms with Crippen LogP contribution in [0.1, 0.15) is 11.3 Å². The summed E-state index contributed by atoms with van der Waals surface area (Å²) in [6, 6.07) is 17.8. The van der Waals surface area contributed by atoms with Crippen molar-refractivity contribution in [2.45, 2.75) is 13.1 Å². The van der Waals surface area contributed by atoms with Crippen LogP contribution in [0.2, 0.25) is 5.02 Å². The van der Waals surface area contributed by atoms with Crippen LogP contribution in [-0.4, -0.2) is 46.3 Å². The summed E-state index contributed by atoms with van der Waals surface area (Å²) in [5.41, 5.74) is 3.90. The lowest BCUT2D eigenvalue weighted by molar-refractivity contribution is 0.292. The van der Waals surface area contributed by atoms with Gasteiger partial charge in [-0.3, -0.25) is 0 Å². The lowest BCUT2D eigenvalue weighted by Crippen LogP contribution is -2.29. The van der Waals surface area contributed by atoms with E-state index in [1.165, 1.54) is 0 Å².